The quantitative estimate of drug-likeness (QED) is 0.768. The molecule has 0 bridgehead atoms. The molecule has 1 atom stereocenters. The van der Waals surface area contributed by atoms with E-state index in [1.807, 2.05) is 13.0 Å². The maximum absolute atomic E-state index is 11.6. The molecule has 2 nitrogen and oxygen atoms in total. The molecule has 2 heteroatoms. The lowest BCUT2D eigenvalue weighted by Crippen LogP contribution is -2.29. The molecule has 1 aliphatic rings. The fraction of sp³-hybridized carbons (Fsp3) is 0.214. The Kier molecular flexibility index (Phi) is 2.52. The molecule has 2 rings (SSSR count). The van der Waals surface area contributed by atoms with E-state index in [1.165, 1.54) is 6.08 Å². The summed E-state index contributed by atoms with van der Waals surface area (Å²) >= 11 is 0. The summed E-state index contributed by atoms with van der Waals surface area (Å²) in [5.41, 5.74) is 1.05. The Labute approximate surface area is 94.9 Å². The fourth-order valence-electron chi connectivity index (χ4n) is 2.08. The molecule has 1 aliphatic carbocycles. The zero-order valence-corrected chi connectivity index (χ0v) is 9.23. The zero-order valence-electron chi connectivity index (χ0n) is 9.23. The molecule has 0 radical (unpaired) electrons. The van der Waals surface area contributed by atoms with E-state index >= 15 is 0 Å². The summed E-state index contributed by atoms with van der Waals surface area (Å²) in [7, 11) is 0. The molecule has 16 heavy (non-hydrogen) atoms. The van der Waals surface area contributed by atoms with Gasteiger partial charge in [0.25, 0.3) is 0 Å². The highest BCUT2D eigenvalue weighted by molar-refractivity contribution is 6.07. The normalized spacial score (nSPS) is 23.0. The Bertz CT molecular complexity index is 485. The van der Waals surface area contributed by atoms with E-state index in [0.717, 1.165) is 5.57 Å². The Morgan fingerprint density at radius 2 is 2.12 bits per heavy atom. The van der Waals surface area contributed by atoms with Crippen molar-refractivity contribution in [3.05, 3.63) is 59.7 Å². The van der Waals surface area contributed by atoms with E-state index < -0.39 is 5.60 Å². The van der Waals surface area contributed by atoms with Gasteiger partial charge in [0.05, 0.1) is 0 Å². The molecule has 0 aromatic heterocycles. The van der Waals surface area contributed by atoms with Crippen molar-refractivity contribution in [1.82, 2.24) is 0 Å². The molecule has 1 aromatic rings. The van der Waals surface area contributed by atoms with Crippen LogP contribution in [0.15, 0.2) is 48.6 Å². The summed E-state index contributed by atoms with van der Waals surface area (Å²) in [5, 5.41) is 10.5. The number of allylic oxidation sites excluding steroid dienone is 1. The Morgan fingerprint density at radius 3 is 2.81 bits per heavy atom. The van der Waals surface area contributed by atoms with Gasteiger partial charge in [-0.05, 0) is 24.6 Å². The van der Waals surface area contributed by atoms with E-state index in [-0.39, 0.29) is 5.78 Å². The highest BCUT2D eigenvalue weighted by Crippen LogP contribution is 2.35. The summed E-state index contributed by atoms with van der Waals surface area (Å²) in [5.74, 6) is -0.0537. The van der Waals surface area contributed by atoms with Crippen LogP contribution >= 0.6 is 0 Å². The number of carbonyl (C=O) groups excluding carboxylic acids is 1. The minimum absolute atomic E-state index is 0.0537. The predicted molar refractivity (Wildman–Crippen MR) is 63.2 cm³/mol. The second kappa shape index (κ2) is 3.72. The minimum Gasteiger partial charge on any atom is -0.381 e. The number of hydrogen-bond donors (Lipinski definition) is 1. The molecule has 0 spiro atoms. The summed E-state index contributed by atoms with van der Waals surface area (Å²) in [6.45, 7) is 5.67. The lowest BCUT2D eigenvalue weighted by molar-refractivity contribution is 0.0811. The van der Waals surface area contributed by atoms with Crippen molar-refractivity contribution in [1.29, 1.82) is 0 Å². The molecule has 82 valence electrons. The first-order valence-electron chi connectivity index (χ1n) is 5.23. The van der Waals surface area contributed by atoms with Crippen LogP contribution < -0.4 is 0 Å². The van der Waals surface area contributed by atoms with Crippen molar-refractivity contribution in [2.75, 3.05) is 0 Å². The average Bonchev–Trinajstić information content (AvgIpc) is 2.24. The minimum atomic E-state index is -1.09. The van der Waals surface area contributed by atoms with Crippen molar-refractivity contribution in [2.45, 2.75) is 18.9 Å². The van der Waals surface area contributed by atoms with E-state index in [0.29, 0.717) is 17.5 Å². The van der Waals surface area contributed by atoms with E-state index in [9.17, 15) is 9.90 Å². The number of ketones is 1. The molecule has 0 saturated carbocycles. The highest BCUT2D eigenvalue weighted by atomic mass is 16.3. The smallest absolute Gasteiger partial charge is 0.186 e. The van der Waals surface area contributed by atoms with Gasteiger partial charge in [0.2, 0.25) is 0 Å². The molecule has 0 heterocycles. The van der Waals surface area contributed by atoms with Crippen LogP contribution in [0, 0.1) is 0 Å². The lowest BCUT2D eigenvalue weighted by Gasteiger charge is -2.29. The Balaban J connectivity index is 2.54. The van der Waals surface area contributed by atoms with Gasteiger partial charge in [-0.2, -0.15) is 0 Å². The van der Waals surface area contributed by atoms with Crippen LogP contribution in [0.2, 0.25) is 0 Å². The van der Waals surface area contributed by atoms with Crippen molar-refractivity contribution in [3.63, 3.8) is 0 Å². The molecule has 0 saturated heterocycles. The third-order valence-electron chi connectivity index (χ3n) is 2.74. The largest absolute Gasteiger partial charge is 0.381 e. The molecular weight excluding hydrogens is 200 g/mol. The van der Waals surface area contributed by atoms with Crippen LogP contribution in [0.3, 0.4) is 0 Å². The zero-order chi connectivity index (χ0) is 11.8. The molecular formula is C14H14O2. The number of fused-ring (bicyclic) bond motifs is 1. The van der Waals surface area contributed by atoms with Gasteiger partial charge in [-0.15, -0.1) is 6.58 Å². The standard InChI is InChI=1S/C14H14O2/c1-10(2)9-14(16)8-7-13(15)11-5-3-4-6-12(11)14/h3-8,16H,1,9H2,2H3. The number of rotatable bonds is 2. The van der Waals surface area contributed by atoms with Gasteiger partial charge < -0.3 is 5.11 Å². The molecule has 1 aromatic carbocycles. The topological polar surface area (TPSA) is 37.3 Å². The number of hydrogen-bond acceptors (Lipinski definition) is 2. The summed E-state index contributed by atoms with van der Waals surface area (Å²) < 4.78 is 0. The predicted octanol–water partition coefficient (Wildman–Crippen LogP) is 2.59. The summed E-state index contributed by atoms with van der Waals surface area (Å²) in [6, 6.07) is 7.16. The van der Waals surface area contributed by atoms with Crippen LogP contribution in [0.25, 0.3) is 0 Å². The third-order valence-corrected chi connectivity index (χ3v) is 2.74. The summed E-state index contributed by atoms with van der Waals surface area (Å²) in [6.07, 6.45) is 3.44. The average molecular weight is 214 g/mol. The van der Waals surface area contributed by atoms with Gasteiger partial charge in [0.1, 0.15) is 5.60 Å². The van der Waals surface area contributed by atoms with Gasteiger partial charge in [-0.3, -0.25) is 4.79 Å². The second-order valence-corrected chi connectivity index (χ2v) is 4.30. The molecule has 0 amide bonds. The first-order chi connectivity index (χ1) is 7.53. The van der Waals surface area contributed by atoms with Crippen LogP contribution in [0.1, 0.15) is 29.3 Å². The lowest BCUT2D eigenvalue weighted by atomic mass is 9.80. The molecule has 0 fully saturated rings. The molecule has 0 aliphatic heterocycles. The Hall–Kier alpha value is -1.67. The van der Waals surface area contributed by atoms with E-state index in [4.69, 9.17) is 0 Å². The maximum Gasteiger partial charge on any atom is 0.186 e. The van der Waals surface area contributed by atoms with Gasteiger partial charge >= 0.3 is 0 Å². The summed E-state index contributed by atoms with van der Waals surface area (Å²) in [4.78, 5) is 11.6. The van der Waals surface area contributed by atoms with Crippen molar-refractivity contribution in [2.24, 2.45) is 0 Å². The van der Waals surface area contributed by atoms with Gasteiger partial charge in [0.15, 0.2) is 5.78 Å². The number of carbonyl (C=O) groups is 1. The van der Waals surface area contributed by atoms with Crippen molar-refractivity contribution in [3.8, 4) is 0 Å². The third kappa shape index (κ3) is 1.72. The van der Waals surface area contributed by atoms with Crippen LogP contribution in [-0.4, -0.2) is 10.9 Å². The van der Waals surface area contributed by atoms with Crippen LogP contribution in [0.4, 0.5) is 0 Å². The Morgan fingerprint density at radius 1 is 1.44 bits per heavy atom. The fourth-order valence-corrected chi connectivity index (χ4v) is 2.08. The van der Waals surface area contributed by atoms with Gasteiger partial charge in [-0.25, -0.2) is 0 Å². The molecule has 1 N–H and O–H groups in total. The van der Waals surface area contributed by atoms with Gasteiger partial charge in [0, 0.05) is 12.0 Å². The first kappa shape index (κ1) is 10.8. The van der Waals surface area contributed by atoms with Crippen LogP contribution in [0.5, 0.6) is 0 Å². The van der Waals surface area contributed by atoms with Crippen LogP contribution in [-0.2, 0) is 5.60 Å². The maximum atomic E-state index is 11.6. The monoisotopic (exact) mass is 214 g/mol. The SMILES string of the molecule is C=C(C)CC1(O)C=CC(=O)c2ccccc21. The van der Waals surface area contributed by atoms with Gasteiger partial charge in [-0.1, -0.05) is 29.8 Å². The number of benzene rings is 1. The van der Waals surface area contributed by atoms with E-state index in [2.05, 4.69) is 6.58 Å². The van der Waals surface area contributed by atoms with Crippen molar-refractivity contribution < 1.29 is 9.90 Å². The van der Waals surface area contributed by atoms with E-state index in [1.54, 1.807) is 24.3 Å². The first-order valence-corrected chi connectivity index (χ1v) is 5.23. The second-order valence-electron chi connectivity index (χ2n) is 4.30. The molecule has 1 unspecified atom stereocenters. The highest BCUT2D eigenvalue weighted by Gasteiger charge is 2.33. The number of aliphatic hydroxyl groups is 1. The van der Waals surface area contributed by atoms with Crippen molar-refractivity contribution >= 4 is 5.78 Å².